The van der Waals surface area contributed by atoms with E-state index in [9.17, 15) is 4.79 Å². The van der Waals surface area contributed by atoms with Crippen molar-refractivity contribution >= 4 is 17.3 Å². The van der Waals surface area contributed by atoms with Crippen molar-refractivity contribution in [3.05, 3.63) is 36.2 Å². The summed E-state index contributed by atoms with van der Waals surface area (Å²) in [5.41, 5.74) is 2.18. The van der Waals surface area contributed by atoms with Crippen molar-refractivity contribution in [2.24, 2.45) is 4.99 Å². The first-order chi connectivity index (χ1) is 8.22. The van der Waals surface area contributed by atoms with Crippen molar-refractivity contribution in [3.8, 4) is 0 Å². The molecule has 0 fully saturated rings. The normalized spacial score (nSPS) is 18.6. The number of hydrogen-bond donors (Lipinski definition) is 0. The van der Waals surface area contributed by atoms with Gasteiger partial charge in [0.15, 0.2) is 0 Å². The molecule has 1 aromatic heterocycles. The van der Waals surface area contributed by atoms with Gasteiger partial charge in [0, 0.05) is 11.8 Å². The Morgan fingerprint density at radius 3 is 2.94 bits per heavy atom. The molecule has 2 rings (SSSR count). The molecular weight excluding hydrogens is 216 g/mol. The van der Waals surface area contributed by atoms with Gasteiger partial charge in [-0.15, -0.1) is 0 Å². The first kappa shape index (κ1) is 11.5. The molecule has 1 aliphatic heterocycles. The molecule has 88 valence electrons. The van der Waals surface area contributed by atoms with Gasteiger partial charge in [0.2, 0.25) is 0 Å². The van der Waals surface area contributed by atoms with Crippen LogP contribution in [0.3, 0.4) is 0 Å². The lowest BCUT2D eigenvalue weighted by Gasteiger charge is -2.04. The molecule has 0 N–H and O–H groups in total. The third kappa shape index (κ3) is 2.41. The van der Waals surface area contributed by atoms with E-state index in [0.29, 0.717) is 12.3 Å². The van der Waals surface area contributed by atoms with Crippen LogP contribution in [0.4, 0.5) is 0 Å². The average molecular weight is 230 g/mol. The molecule has 1 aliphatic rings. The molecule has 4 nitrogen and oxygen atoms in total. The van der Waals surface area contributed by atoms with Crippen LogP contribution < -0.4 is 0 Å². The first-order valence-electron chi connectivity index (χ1n) is 5.60. The summed E-state index contributed by atoms with van der Waals surface area (Å²) in [6.45, 7) is 4.08. The third-order valence-corrected chi connectivity index (χ3v) is 2.52. The van der Waals surface area contributed by atoms with Crippen molar-refractivity contribution < 1.29 is 9.53 Å². The maximum Gasteiger partial charge on any atom is 0.356 e. The maximum absolute atomic E-state index is 11.5. The average Bonchev–Trinajstić information content (AvgIpc) is 2.73. The minimum atomic E-state index is -0.370. The zero-order valence-electron chi connectivity index (χ0n) is 9.88. The van der Waals surface area contributed by atoms with Gasteiger partial charge in [-0.2, -0.15) is 0 Å². The van der Waals surface area contributed by atoms with Crippen LogP contribution in [-0.4, -0.2) is 29.3 Å². The number of nitrogens with zero attached hydrogens (tertiary/aromatic N) is 2. The number of esters is 1. The monoisotopic (exact) mass is 230 g/mol. The van der Waals surface area contributed by atoms with E-state index < -0.39 is 0 Å². The van der Waals surface area contributed by atoms with E-state index in [0.717, 1.165) is 11.3 Å². The van der Waals surface area contributed by atoms with Crippen molar-refractivity contribution in [2.75, 3.05) is 6.61 Å². The lowest BCUT2D eigenvalue weighted by Crippen LogP contribution is -2.14. The minimum Gasteiger partial charge on any atom is -0.461 e. The maximum atomic E-state index is 11.5. The first-order valence-corrected chi connectivity index (χ1v) is 5.60. The number of aliphatic imine (C=N–C) groups is 1. The highest BCUT2D eigenvalue weighted by Gasteiger charge is 2.23. The second-order valence-electron chi connectivity index (χ2n) is 3.73. The van der Waals surface area contributed by atoms with E-state index in [1.807, 2.05) is 25.1 Å². The van der Waals surface area contributed by atoms with Crippen molar-refractivity contribution in [3.63, 3.8) is 0 Å². The quantitative estimate of drug-likeness (QED) is 0.745. The Morgan fingerprint density at radius 2 is 2.29 bits per heavy atom. The van der Waals surface area contributed by atoms with Crippen molar-refractivity contribution in [1.29, 1.82) is 0 Å². The fourth-order valence-corrected chi connectivity index (χ4v) is 1.72. The number of aromatic nitrogens is 1. The molecule has 0 spiro atoms. The summed E-state index contributed by atoms with van der Waals surface area (Å²) >= 11 is 0. The number of rotatable bonds is 3. The van der Waals surface area contributed by atoms with Gasteiger partial charge in [-0.1, -0.05) is 6.07 Å². The van der Waals surface area contributed by atoms with Gasteiger partial charge >= 0.3 is 5.97 Å². The van der Waals surface area contributed by atoms with Crippen LogP contribution in [-0.2, 0) is 9.53 Å². The van der Waals surface area contributed by atoms with Crippen LogP contribution in [0.2, 0.25) is 0 Å². The molecule has 0 aromatic carbocycles. The zero-order valence-corrected chi connectivity index (χ0v) is 9.88. The molecule has 1 aromatic rings. The topological polar surface area (TPSA) is 51.5 Å². The Kier molecular flexibility index (Phi) is 3.32. The Hall–Kier alpha value is -1.97. The number of ether oxygens (including phenoxy) is 1. The summed E-state index contributed by atoms with van der Waals surface area (Å²) in [6.07, 6.45) is 3.48. The summed E-state index contributed by atoms with van der Waals surface area (Å²) in [7, 11) is 0. The van der Waals surface area contributed by atoms with E-state index in [1.165, 1.54) is 0 Å². The Labute approximate surface area is 100 Å². The largest absolute Gasteiger partial charge is 0.461 e. The summed E-state index contributed by atoms with van der Waals surface area (Å²) < 4.78 is 4.92. The predicted molar refractivity (Wildman–Crippen MR) is 65.7 cm³/mol. The number of carbonyl (C=O) groups is 1. The van der Waals surface area contributed by atoms with Gasteiger partial charge in [0.25, 0.3) is 0 Å². The molecule has 2 heterocycles. The van der Waals surface area contributed by atoms with Crippen LogP contribution in [0.15, 0.2) is 35.5 Å². The number of hydrogen-bond acceptors (Lipinski definition) is 4. The molecule has 0 radical (unpaired) electrons. The number of carbonyl (C=O) groups excluding carboxylic acids is 1. The van der Waals surface area contributed by atoms with Crippen LogP contribution in [0.25, 0.3) is 5.57 Å². The van der Waals surface area contributed by atoms with Crippen LogP contribution in [0.5, 0.6) is 0 Å². The second kappa shape index (κ2) is 4.91. The molecule has 1 atom stereocenters. The van der Waals surface area contributed by atoms with E-state index in [4.69, 9.17) is 4.74 Å². The summed E-state index contributed by atoms with van der Waals surface area (Å²) in [4.78, 5) is 20.1. The minimum absolute atomic E-state index is 0.0516. The third-order valence-electron chi connectivity index (χ3n) is 2.52. The molecular formula is C13H14N2O2. The molecule has 4 heteroatoms. The van der Waals surface area contributed by atoms with E-state index in [-0.39, 0.29) is 12.0 Å². The summed E-state index contributed by atoms with van der Waals surface area (Å²) in [6, 6.07) is 5.63. The van der Waals surface area contributed by atoms with Gasteiger partial charge in [0.05, 0.1) is 18.3 Å². The molecule has 0 amide bonds. The lowest BCUT2D eigenvalue weighted by molar-refractivity contribution is -0.134. The molecule has 1 unspecified atom stereocenters. The van der Waals surface area contributed by atoms with Gasteiger partial charge in [-0.25, -0.2) is 4.79 Å². The molecule has 0 saturated carbocycles. The highest BCUT2D eigenvalue weighted by Crippen LogP contribution is 2.23. The molecule has 0 saturated heterocycles. The van der Waals surface area contributed by atoms with Gasteiger partial charge in [0.1, 0.15) is 5.71 Å². The SMILES string of the molecule is CCOC(=O)C1=NC(C)C(c2ccccn2)=C1. The molecule has 0 bridgehead atoms. The van der Waals surface area contributed by atoms with Gasteiger partial charge in [-0.05, 0) is 32.1 Å². The standard InChI is InChI=1S/C13H14N2O2/c1-3-17-13(16)12-8-10(9(2)15-12)11-6-4-5-7-14-11/h4-9H,3H2,1-2H3. The molecule has 0 aliphatic carbocycles. The molecule has 17 heavy (non-hydrogen) atoms. The Balaban J connectivity index is 2.23. The summed E-state index contributed by atoms with van der Waals surface area (Å²) in [5.74, 6) is -0.370. The van der Waals surface area contributed by atoms with E-state index in [2.05, 4.69) is 9.98 Å². The Morgan fingerprint density at radius 1 is 1.47 bits per heavy atom. The highest BCUT2D eigenvalue weighted by molar-refractivity contribution is 6.43. The van der Waals surface area contributed by atoms with Gasteiger partial charge < -0.3 is 4.74 Å². The van der Waals surface area contributed by atoms with Crippen LogP contribution in [0.1, 0.15) is 19.5 Å². The number of pyridine rings is 1. The lowest BCUT2D eigenvalue weighted by atomic mass is 10.1. The Bertz CT molecular complexity index is 477. The highest BCUT2D eigenvalue weighted by atomic mass is 16.5. The fourth-order valence-electron chi connectivity index (χ4n) is 1.72. The van der Waals surface area contributed by atoms with Crippen LogP contribution in [0, 0.1) is 0 Å². The van der Waals surface area contributed by atoms with E-state index >= 15 is 0 Å². The van der Waals surface area contributed by atoms with Crippen molar-refractivity contribution in [1.82, 2.24) is 4.98 Å². The predicted octanol–water partition coefficient (Wildman–Crippen LogP) is 1.87. The second-order valence-corrected chi connectivity index (χ2v) is 3.73. The summed E-state index contributed by atoms with van der Waals surface area (Å²) in [5, 5.41) is 0. The zero-order chi connectivity index (χ0) is 12.3. The van der Waals surface area contributed by atoms with Crippen LogP contribution >= 0.6 is 0 Å². The smallest absolute Gasteiger partial charge is 0.356 e. The van der Waals surface area contributed by atoms with Crippen molar-refractivity contribution in [2.45, 2.75) is 19.9 Å². The van der Waals surface area contributed by atoms with Gasteiger partial charge in [-0.3, -0.25) is 9.98 Å². The van der Waals surface area contributed by atoms with E-state index in [1.54, 1.807) is 19.2 Å². The fraction of sp³-hybridized carbons (Fsp3) is 0.308.